The van der Waals surface area contributed by atoms with E-state index < -0.39 is 12.1 Å². The van der Waals surface area contributed by atoms with E-state index in [0.717, 1.165) is 15.6 Å². The Balaban J connectivity index is 1.74. The highest BCUT2D eigenvalue weighted by Crippen LogP contribution is 2.28. The molecule has 0 aliphatic heterocycles. The fraction of sp³-hybridized carbons (Fsp3) is 0.148. The number of aryl methyl sites for hydroxylation is 1. The molecule has 0 saturated carbocycles. The van der Waals surface area contributed by atoms with Gasteiger partial charge in [0.2, 0.25) is 5.78 Å². The molecule has 0 aliphatic rings. The van der Waals surface area contributed by atoms with E-state index in [0.29, 0.717) is 34.1 Å². The van der Waals surface area contributed by atoms with Crippen molar-refractivity contribution >= 4 is 38.6 Å². The van der Waals surface area contributed by atoms with Crippen molar-refractivity contribution in [2.75, 3.05) is 0 Å². The van der Waals surface area contributed by atoms with Gasteiger partial charge in [0.15, 0.2) is 6.10 Å². The number of hydrogen-bond acceptors (Lipinski definition) is 4. The second kappa shape index (κ2) is 9.45. The van der Waals surface area contributed by atoms with Gasteiger partial charge in [-0.25, -0.2) is 9.78 Å². The third-order valence-corrected chi connectivity index (χ3v) is 5.82. The van der Waals surface area contributed by atoms with E-state index in [2.05, 4.69) is 15.9 Å². The first-order valence-electron chi connectivity index (χ1n) is 10.4. The molecule has 1 aromatic heterocycles. The number of nitrogens with zero attached hydrogens (tertiary/aromatic N) is 1. The van der Waals surface area contributed by atoms with Crippen LogP contribution in [0.2, 0.25) is 0 Å². The van der Waals surface area contributed by atoms with E-state index in [1.807, 2.05) is 62.4 Å². The van der Waals surface area contributed by atoms with Crippen LogP contribution in [0.5, 0.6) is 0 Å². The standard InChI is InChI=1S/C27H22BrNO3/c1-3-25(26(30)19-7-5-4-6-8-19)32-27(31)22-16-24(18-10-12-20(28)13-11-18)29-23-14-9-17(2)15-21(22)23/h4-16,25H,3H2,1-2H3. The molecule has 1 unspecified atom stereocenters. The Kier molecular flexibility index (Phi) is 6.47. The van der Waals surface area contributed by atoms with Gasteiger partial charge in [-0.15, -0.1) is 0 Å². The second-order valence-corrected chi connectivity index (χ2v) is 8.53. The first-order valence-corrected chi connectivity index (χ1v) is 11.2. The van der Waals surface area contributed by atoms with Crippen LogP contribution in [0.1, 0.15) is 39.6 Å². The number of esters is 1. The number of aromatic nitrogens is 1. The van der Waals surface area contributed by atoms with Crippen LogP contribution in [0.4, 0.5) is 0 Å². The molecule has 0 saturated heterocycles. The predicted octanol–water partition coefficient (Wildman–Crippen LogP) is 6.79. The molecule has 0 amide bonds. The van der Waals surface area contributed by atoms with Crippen LogP contribution >= 0.6 is 15.9 Å². The molecule has 0 fully saturated rings. The molecule has 32 heavy (non-hydrogen) atoms. The van der Waals surface area contributed by atoms with E-state index in [4.69, 9.17) is 9.72 Å². The zero-order chi connectivity index (χ0) is 22.7. The molecule has 0 radical (unpaired) electrons. The van der Waals surface area contributed by atoms with Gasteiger partial charge in [0.05, 0.1) is 16.8 Å². The lowest BCUT2D eigenvalue weighted by molar-refractivity contribution is 0.0279. The summed E-state index contributed by atoms with van der Waals surface area (Å²) in [5, 5.41) is 0.706. The van der Waals surface area contributed by atoms with Crippen molar-refractivity contribution in [2.45, 2.75) is 26.4 Å². The molecule has 0 aliphatic carbocycles. The Bertz CT molecular complexity index is 1280. The summed E-state index contributed by atoms with van der Waals surface area (Å²) in [6.45, 7) is 3.80. The normalized spacial score (nSPS) is 11.8. The maximum Gasteiger partial charge on any atom is 0.339 e. The Morgan fingerprint density at radius 2 is 1.69 bits per heavy atom. The summed E-state index contributed by atoms with van der Waals surface area (Å²) >= 11 is 3.44. The van der Waals surface area contributed by atoms with Crippen LogP contribution in [-0.2, 0) is 4.74 Å². The van der Waals surface area contributed by atoms with Gasteiger partial charge < -0.3 is 4.74 Å². The van der Waals surface area contributed by atoms with E-state index >= 15 is 0 Å². The summed E-state index contributed by atoms with van der Waals surface area (Å²) < 4.78 is 6.70. The molecule has 1 atom stereocenters. The third kappa shape index (κ3) is 4.63. The van der Waals surface area contributed by atoms with Crippen LogP contribution in [0, 0.1) is 6.92 Å². The van der Waals surface area contributed by atoms with Gasteiger partial charge in [-0.1, -0.05) is 76.9 Å². The number of benzene rings is 3. The van der Waals surface area contributed by atoms with E-state index in [-0.39, 0.29) is 5.78 Å². The monoisotopic (exact) mass is 487 g/mol. The van der Waals surface area contributed by atoms with E-state index in [9.17, 15) is 9.59 Å². The summed E-state index contributed by atoms with van der Waals surface area (Å²) in [5.74, 6) is -0.735. The number of fused-ring (bicyclic) bond motifs is 1. The van der Waals surface area contributed by atoms with E-state index in [1.165, 1.54) is 0 Å². The van der Waals surface area contributed by atoms with Crippen LogP contribution in [-0.4, -0.2) is 22.8 Å². The number of hydrogen-bond donors (Lipinski definition) is 0. The Labute approximate surface area is 195 Å². The highest BCUT2D eigenvalue weighted by molar-refractivity contribution is 9.10. The molecule has 4 rings (SSSR count). The van der Waals surface area contributed by atoms with Crippen molar-refractivity contribution in [3.63, 3.8) is 0 Å². The maximum absolute atomic E-state index is 13.3. The first kappa shape index (κ1) is 21.9. The van der Waals surface area contributed by atoms with Gasteiger partial charge in [-0.3, -0.25) is 4.79 Å². The molecule has 5 heteroatoms. The topological polar surface area (TPSA) is 56.3 Å². The minimum atomic E-state index is -0.853. The van der Waals surface area contributed by atoms with Crippen molar-refractivity contribution in [1.29, 1.82) is 0 Å². The van der Waals surface area contributed by atoms with Gasteiger partial charge in [-0.2, -0.15) is 0 Å². The van der Waals surface area contributed by atoms with Gasteiger partial charge in [0.25, 0.3) is 0 Å². The smallest absolute Gasteiger partial charge is 0.339 e. The fourth-order valence-electron chi connectivity index (χ4n) is 3.58. The number of pyridine rings is 1. The summed E-state index contributed by atoms with van der Waals surface area (Å²) in [6.07, 6.45) is -0.463. The molecular weight excluding hydrogens is 466 g/mol. The number of ether oxygens (including phenoxy) is 1. The molecule has 3 aromatic carbocycles. The number of carbonyl (C=O) groups is 2. The molecular formula is C27H22BrNO3. The Morgan fingerprint density at radius 3 is 2.38 bits per heavy atom. The lowest BCUT2D eigenvalue weighted by atomic mass is 10.0. The molecule has 4 nitrogen and oxygen atoms in total. The molecule has 160 valence electrons. The minimum Gasteiger partial charge on any atom is -0.450 e. The SMILES string of the molecule is CCC(OC(=O)c1cc(-c2ccc(Br)cc2)nc2ccc(C)cc12)C(=O)c1ccccc1. The van der Waals surface area contributed by atoms with Gasteiger partial charge >= 0.3 is 5.97 Å². The maximum atomic E-state index is 13.3. The number of halogens is 1. The van der Waals surface area contributed by atoms with Crippen molar-refractivity contribution in [3.05, 3.63) is 100 Å². The first-order chi connectivity index (χ1) is 15.5. The molecule has 1 heterocycles. The van der Waals surface area contributed by atoms with Crippen LogP contribution < -0.4 is 0 Å². The van der Waals surface area contributed by atoms with Crippen molar-refractivity contribution in [1.82, 2.24) is 4.98 Å². The number of ketones is 1. The van der Waals surface area contributed by atoms with Gasteiger partial charge in [-0.05, 0) is 43.7 Å². The van der Waals surface area contributed by atoms with Crippen LogP contribution in [0.3, 0.4) is 0 Å². The molecule has 4 aromatic rings. The zero-order valence-electron chi connectivity index (χ0n) is 17.8. The highest BCUT2D eigenvalue weighted by Gasteiger charge is 2.25. The molecule has 0 bridgehead atoms. The zero-order valence-corrected chi connectivity index (χ0v) is 19.4. The van der Waals surface area contributed by atoms with E-state index in [1.54, 1.807) is 30.3 Å². The second-order valence-electron chi connectivity index (χ2n) is 7.62. The number of carbonyl (C=O) groups excluding carboxylic acids is 2. The highest BCUT2D eigenvalue weighted by atomic mass is 79.9. The van der Waals surface area contributed by atoms with Crippen LogP contribution in [0.25, 0.3) is 22.2 Å². The predicted molar refractivity (Wildman–Crippen MR) is 130 cm³/mol. The number of Topliss-reactive ketones (excluding diaryl/α,β-unsaturated/α-hetero) is 1. The van der Waals surface area contributed by atoms with Crippen molar-refractivity contribution in [2.24, 2.45) is 0 Å². The molecule has 0 spiro atoms. The van der Waals surface area contributed by atoms with Gasteiger partial charge in [0, 0.05) is 21.0 Å². The summed E-state index contributed by atoms with van der Waals surface area (Å²) in [4.78, 5) is 30.9. The third-order valence-electron chi connectivity index (χ3n) is 5.29. The fourth-order valence-corrected chi connectivity index (χ4v) is 3.84. The van der Waals surface area contributed by atoms with Gasteiger partial charge in [0.1, 0.15) is 0 Å². The minimum absolute atomic E-state index is 0.205. The van der Waals surface area contributed by atoms with Crippen molar-refractivity contribution < 1.29 is 14.3 Å². The van der Waals surface area contributed by atoms with Crippen molar-refractivity contribution in [3.8, 4) is 11.3 Å². The summed E-state index contributed by atoms with van der Waals surface area (Å²) in [7, 11) is 0. The Morgan fingerprint density at radius 1 is 0.969 bits per heavy atom. The summed E-state index contributed by atoms with van der Waals surface area (Å²) in [5.41, 5.74) is 4.19. The average molecular weight is 488 g/mol. The lowest BCUT2D eigenvalue weighted by Crippen LogP contribution is -2.27. The van der Waals surface area contributed by atoms with Crippen LogP contribution in [0.15, 0.2) is 83.3 Å². The average Bonchev–Trinajstić information content (AvgIpc) is 2.82. The quantitative estimate of drug-likeness (QED) is 0.222. The number of rotatable bonds is 6. The summed E-state index contributed by atoms with van der Waals surface area (Å²) in [6, 6.07) is 24.2. The Hall–Kier alpha value is -3.31. The largest absolute Gasteiger partial charge is 0.450 e. The lowest BCUT2D eigenvalue weighted by Gasteiger charge is -2.17. The molecule has 0 N–H and O–H groups in total.